The van der Waals surface area contributed by atoms with Gasteiger partial charge in [0.2, 0.25) is 0 Å². The molecule has 1 saturated heterocycles. The topological polar surface area (TPSA) is 84.9 Å². The second-order valence-electron chi connectivity index (χ2n) is 9.77. The van der Waals surface area contributed by atoms with Gasteiger partial charge in [0, 0.05) is 17.0 Å². The van der Waals surface area contributed by atoms with Crippen molar-refractivity contribution >= 4 is 17.7 Å². The van der Waals surface area contributed by atoms with Crippen LogP contribution in [0.2, 0.25) is 0 Å². The monoisotopic (exact) mass is 455 g/mol. The number of alkyl halides is 3. The fourth-order valence-electron chi connectivity index (χ4n) is 6.34. The van der Waals surface area contributed by atoms with E-state index in [4.69, 9.17) is 9.47 Å². The van der Waals surface area contributed by atoms with Crippen molar-refractivity contribution in [2.75, 3.05) is 11.9 Å². The van der Waals surface area contributed by atoms with Crippen LogP contribution in [0.15, 0.2) is 24.3 Å². The van der Waals surface area contributed by atoms with Gasteiger partial charge in [-0.25, -0.2) is 4.79 Å². The molecule has 3 aliphatic rings. The first kappa shape index (κ1) is 22.9. The molecule has 32 heavy (non-hydrogen) atoms. The number of benzene rings is 1. The Morgan fingerprint density at radius 3 is 2.72 bits per heavy atom. The predicted octanol–water partition coefficient (Wildman–Crippen LogP) is 4.76. The molecule has 2 saturated carbocycles. The predicted molar refractivity (Wildman–Crippen MR) is 109 cm³/mol. The van der Waals surface area contributed by atoms with Crippen molar-refractivity contribution in [3.05, 3.63) is 29.8 Å². The number of anilines is 1. The number of hydrogen-bond acceptors (Lipinski definition) is 5. The molecule has 1 aromatic rings. The maximum absolute atomic E-state index is 12.9. The summed E-state index contributed by atoms with van der Waals surface area (Å²) < 4.78 is 50.0. The number of ether oxygens (including phenoxy) is 2. The van der Waals surface area contributed by atoms with E-state index in [-0.39, 0.29) is 41.6 Å². The molecule has 0 radical (unpaired) electrons. The summed E-state index contributed by atoms with van der Waals surface area (Å²) in [5, 5.41) is 12.7. The standard InChI is InChI=1S/C23H28F3NO5/c1-21-9-8-18(32-20(30)27-14-5-3-4-13(10-14)23(24,25)26)22(2,12-28)17(21)7-6-16-15(21)11-19(29)31-16/h3-5,10,15-18,28H,6-9,11-12H2,1-2H3,(H,27,30)/t15-,16+,17-,18-,21+,22+/m1/s1. The Kier molecular flexibility index (Phi) is 5.68. The summed E-state index contributed by atoms with van der Waals surface area (Å²) in [6.45, 7) is 3.81. The van der Waals surface area contributed by atoms with Crippen LogP contribution >= 0.6 is 0 Å². The molecular weight excluding hydrogens is 427 g/mol. The number of rotatable bonds is 3. The molecule has 6 nitrogen and oxygen atoms in total. The van der Waals surface area contributed by atoms with Crippen LogP contribution in [0.5, 0.6) is 0 Å². The van der Waals surface area contributed by atoms with Crippen molar-refractivity contribution in [1.82, 2.24) is 0 Å². The molecule has 1 aromatic carbocycles. The maximum Gasteiger partial charge on any atom is 0.416 e. The largest absolute Gasteiger partial charge is 0.462 e. The third-order valence-corrected chi connectivity index (χ3v) is 8.00. The van der Waals surface area contributed by atoms with Crippen LogP contribution in [-0.4, -0.2) is 36.0 Å². The van der Waals surface area contributed by atoms with E-state index in [9.17, 15) is 27.9 Å². The van der Waals surface area contributed by atoms with Crippen LogP contribution in [0.1, 0.15) is 51.5 Å². The average Bonchev–Trinajstić information content (AvgIpc) is 3.11. The Morgan fingerprint density at radius 2 is 2.03 bits per heavy atom. The van der Waals surface area contributed by atoms with Gasteiger partial charge in [-0.2, -0.15) is 13.2 Å². The van der Waals surface area contributed by atoms with Crippen molar-refractivity contribution in [3.8, 4) is 0 Å². The zero-order chi connectivity index (χ0) is 23.3. The Balaban J connectivity index is 1.49. The number of halogens is 3. The van der Waals surface area contributed by atoms with Crippen molar-refractivity contribution in [3.63, 3.8) is 0 Å². The number of amides is 1. The van der Waals surface area contributed by atoms with Gasteiger partial charge in [-0.15, -0.1) is 0 Å². The molecule has 176 valence electrons. The number of hydrogen-bond donors (Lipinski definition) is 2. The highest BCUT2D eigenvalue weighted by molar-refractivity contribution is 5.84. The van der Waals surface area contributed by atoms with Crippen molar-refractivity contribution in [2.24, 2.45) is 22.7 Å². The minimum atomic E-state index is -4.52. The van der Waals surface area contributed by atoms with E-state index < -0.39 is 29.4 Å². The Morgan fingerprint density at radius 1 is 1.28 bits per heavy atom. The second kappa shape index (κ2) is 7.93. The van der Waals surface area contributed by atoms with Crippen LogP contribution in [0.25, 0.3) is 0 Å². The van der Waals surface area contributed by atoms with E-state index in [1.165, 1.54) is 12.1 Å². The van der Waals surface area contributed by atoms with Gasteiger partial charge < -0.3 is 14.6 Å². The van der Waals surface area contributed by atoms with Gasteiger partial charge in [-0.05, 0) is 55.2 Å². The highest BCUT2D eigenvalue weighted by atomic mass is 19.4. The number of aliphatic hydroxyl groups is 1. The summed E-state index contributed by atoms with van der Waals surface area (Å²) >= 11 is 0. The molecule has 2 aliphatic carbocycles. The molecule has 6 atom stereocenters. The van der Waals surface area contributed by atoms with Crippen molar-refractivity contribution in [2.45, 2.75) is 64.3 Å². The minimum absolute atomic E-state index is 0.0101. The van der Waals surface area contributed by atoms with E-state index >= 15 is 0 Å². The van der Waals surface area contributed by atoms with Crippen LogP contribution in [0.4, 0.5) is 23.7 Å². The molecule has 9 heteroatoms. The Hall–Kier alpha value is -2.29. The maximum atomic E-state index is 12.9. The normalized spacial score (nSPS) is 36.6. The first-order valence-electron chi connectivity index (χ1n) is 10.9. The number of carbonyl (C=O) groups excluding carboxylic acids is 2. The van der Waals surface area contributed by atoms with Crippen LogP contribution in [-0.2, 0) is 20.4 Å². The fraction of sp³-hybridized carbons (Fsp3) is 0.652. The minimum Gasteiger partial charge on any atom is -0.462 e. The van der Waals surface area contributed by atoms with Crippen LogP contribution in [0, 0.1) is 22.7 Å². The van der Waals surface area contributed by atoms with Crippen LogP contribution in [0.3, 0.4) is 0 Å². The second-order valence-corrected chi connectivity index (χ2v) is 9.77. The highest BCUT2D eigenvalue weighted by Gasteiger charge is 2.62. The Bertz CT molecular complexity index is 906. The summed E-state index contributed by atoms with van der Waals surface area (Å²) in [6.07, 6.45) is -3.10. The first-order valence-corrected chi connectivity index (χ1v) is 10.9. The average molecular weight is 455 g/mol. The summed E-state index contributed by atoms with van der Waals surface area (Å²) in [6, 6.07) is 4.35. The lowest BCUT2D eigenvalue weighted by molar-refractivity contribution is -0.174. The van der Waals surface area contributed by atoms with Gasteiger partial charge in [0.25, 0.3) is 0 Å². The van der Waals surface area contributed by atoms with Crippen molar-refractivity contribution < 1.29 is 37.3 Å². The van der Waals surface area contributed by atoms with Gasteiger partial charge in [-0.3, -0.25) is 10.1 Å². The Labute approximate surface area is 184 Å². The third kappa shape index (κ3) is 3.84. The van der Waals surface area contributed by atoms with Gasteiger partial charge in [0.1, 0.15) is 12.2 Å². The molecule has 4 rings (SSSR count). The van der Waals surface area contributed by atoms with Crippen molar-refractivity contribution in [1.29, 1.82) is 0 Å². The lowest BCUT2D eigenvalue weighted by Gasteiger charge is -2.59. The first-order chi connectivity index (χ1) is 15.0. The van der Waals surface area contributed by atoms with E-state index in [0.717, 1.165) is 18.6 Å². The van der Waals surface area contributed by atoms with Gasteiger partial charge >= 0.3 is 18.2 Å². The quantitative estimate of drug-likeness (QED) is 0.642. The summed E-state index contributed by atoms with van der Waals surface area (Å²) in [4.78, 5) is 24.5. The number of carbonyl (C=O) groups is 2. The smallest absolute Gasteiger partial charge is 0.416 e. The molecule has 0 unspecified atom stereocenters. The van der Waals surface area contributed by atoms with E-state index in [0.29, 0.717) is 25.7 Å². The number of nitrogens with one attached hydrogen (secondary N) is 1. The molecule has 0 spiro atoms. The molecule has 0 aromatic heterocycles. The van der Waals surface area contributed by atoms with E-state index in [2.05, 4.69) is 12.2 Å². The third-order valence-electron chi connectivity index (χ3n) is 8.00. The molecule has 1 aliphatic heterocycles. The molecule has 2 N–H and O–H groups in total. The molecule has 0 bridgehead atoms. The van der Waals surface area contributed by atoms with Gasteiger partial charge in [0.15, 0.2) is 0 Å². The lowest BCUT2D eigenvalue weighted by atomic mass is 9.46. The molecule has 1 amide bonds. The van der Waals surface area contributed by atoms with Gasteiger partial charge in [0.05, 0.1) is 18.6 Å². The fourth-order valence-corrected chi connectivity index (χ4v) is 6.34. The number of aliphatic hydroxyl groups excluding tert-OH is 1. The van der Waals surface area contributed by atoms with E-state index in [1.54, 1.807) is 0 Å². The zero-order valence-electron chi connectivity index (χ0n) is 18.1. The zero-order valence-corrected chi connectivity index (χ0v) is 18.1. The summed E-state index contributed by atoms with van der Waals surface area (Å²) in [5.74, 6) is -0.109. The molecular formula is C23H28F3NO5. The number of fused-ring (bicyclic) bond motifs is 3. The van der Waals surface area contributed by atoms with E-state index in [1.807, 2.05) is 6.92 Å². The summed E-state index contributed by atoms with van der Waals surface area (Å²) in [7, 11) is 0. The SMILES string of the molecule is C[C@]1(CO)[C@@H]2CC[C@@H]3OC(=O)C[C@H]3[C@]2(C)CC[C@H]1OC(=O)Nc1cccc(C(F)(F)F)c1. The van der Waals surface area contributed by atoms with Crippen LogP contribution < -0.4 is 5.32 Å². The molecule has 3 fully saturated rings. The highest BCUT2D eigenvalue weighted by Crippen LogP contribution is 2.62. The molecule has 1 heterocycles. The number of esters is 1. The van der Waals surface area contributed by atoms with Gasteiger partial charge in [-0.1, -0.05) is 19.9 Å². The summed E-state index contributed by atoms with van der Waals surface area (Å²) in [5.41, 5.74) is -1.86. The lowest BCUT2D eigenvalue weighted by Crippen LogP contribution is -2.59.